The molecule has 144 valence electrons. The second-order valence-electron chi connectivity index (χ2n) is 6.91. The van der Waals surface area contributed by atoms with Crippen LogP contribution in [0.2, 0.25) is 0 Å². The fraction of sp³-hybridized carbons (Fsp3) is 0.286. The summed E-state index contributed by atoms with van der Waals surface area (Å²) in [5, 5.41) is 3.56. The number of rotatable bonds is 5. The van der Waals surface area contributed by atoms with Crippen LogP contribution in [0.5, 0.6) is 0 Å². The first-order chi connectivity index (χ1) is 13.7. The molecule has 1 saturated heterocycles. The first-order valence-corrected chi connectivity index (χ1v) is 10.1. The number of anilines is 2. The average molecular weight is 396 g/mol. The highest BCUT2D eigenvalue weighted by Gasteiger charge is 2.28. The van der Waals surface area contributed by atoms with Crippen LogP contribution >= 0.6 is 11.5 Å². The number of amides is 1. The Labute approximate surface area is 167 Å². The van der Waals surface area contributed by atoms with Crippen LogP contribution in [0, 0.1) is 11.7 Å². The van der Waals surface area contributed by atoms with E-state index >= 15 is 0 Å². The van der Waals surface area contributed by atoms with Crippen LogP contribution in [0.25, 0.3) is 0 Å². The summed E-state index contributed by atoms with van der Waals surface area (Å²) in [6, 6.07) is 16.4. The van der Waals surface area contributed by atoms with Gasteiger partial charge in [0.05, 0.1) is 11.6 Å². The Hall–Kier alpha value is -2.80. The summed E-state index contributed by atoms with van der Waals surface area (Å²) < 4.78 is 18.3. The highest BCUT2D eigenvalue weighted by atomic mass is 32.1. The van der Waals surface area contributed by atoms with Crippen LogP contribution in [0.1, 0.15) is 24.2 Å². The van der Waals surface area contributed by atoms with Gasteiger partial charge in [-0.05, 0) is 30.5 Å². The van der Waals surface area contributed by atoms with Gasteiger partial charge in [-0.1, -0.05) is 42.5 Å². The van der Waals surface area contributed by atoms with Crippen molar-refractivity contribution in [3.05, 3.63) is 71.8 Å². The summed E-state index contributed by atoms with van der Waals surface area (Å²) in [6.07, 6.45) is 2.37. The fourth-order valence-corrected chi connectivity index (χ4v) is 4.11. The zero-order chi connectivity index (χ0) is 19.3. The van der Waals surface area contributed by atoms with E-state index in [1.54, 1.807) is 18.2 Å². The maximum Gasteiger partial charge on any atom is 0.229 e. The largest absolute Gasteiger partial charge is 0.346 e. The molecule has 1 amide bonds. The van der Waals surface area contributed by atoms with E-state index in [9.17, 15) is 9.18 Å². The van der Waals surface area contributed by atoms with Crippen molar-refractivity contribution < 1.29 is 9.18 Å². The maximum atomic E-state index is 13.8. The molecule has 0 saturated carbocycles. The number of halogens is 1. The van der Waals surface area contributed by atoms with Crippen LogP contribution in [0.15, 0.2) is 54.6 Å². The van der Waals surface area contributed by atoms with E-state index in [4.69, 9.17) is 0 Å². The molecule has 3 aromatic rings. The van der Waals surface area contributed by atoms with Gasteiger partial charge in [-0.25, -0.2) is 9.37 Å². The number of nitrogens with zero attached hydrogens (tertiary/aromatic N) is 3. The predicted octanol–water partition coefficient (Wildman–Crippen LogP) is 4.12. The van der Waals surface area contributed by atoms with E-state index in [1.165, 1.54) is 23.2 Å². The summed E-state index contributed by atoms with van der Waals surface area (Å²) in [5.74, 6) is 0.0287. The van der Waals surface area contributed by atoms with Gasteiger partial charge in [-0.15, -0.1) is 0 Å². The van der Waals surface area contributed by atoms with E-state index in [1.807, 2.05) is 18.2 Å². The number of piperidine rings is 1. The Morgan fingerprint density at radius 3 is 2.79 bits per heavy atom. The minimum Gasteiger partial charge on any atom is -0.346 e. The number of nitrogens with one attached hydrogen (secondary N) is 1. The van der Waals surface area contributed by atoms with Gasteiger partial charge >= 0.3 is 0 Å². The fourth-order valence-electron chi connectivity index (χ4n) is 3.39. The third-order valence-electron chi connectivity index (χ3n) is 4.86. The normalized spacial score (nSPS) is 16.8. The zero-order valence-electron chi connectivity index (χ0n) is 15.3. The molecule has 1 N–H and O–H groups in total. The number of carbonyl (C=O) groups excluding carboxylic acids is 1. The SMILES string of the molecule is O=C(Nc1ccccc1F)[C@H]1CCCN(c2nc(Cc3ccccc3)ns2)C1. The number of hydrogen-bond acceptors (Lipinski definition) is 5. The molecule has 7 heteroatoms. The summed E-state index contributed by atoms with van der Waals surface area (Å²) in [4.78, 5) is 19.4. The first kappa shape index (κ1) is 18.6. The molecule has 1 atom stereocenters. The first-order valence-electron chi connectivity index (χ1n) is 9.36. The Kier molecular flexibility index (Phi) is 5.62. The second-order valence-corrected chi connectivity index (χ2v) is 7.64. The van der Waals surface area contributed by atoms with Crippen LogP contribution < -0.4 is 10.2 Å². The van der Waals surface area contributed by atoms with E-state index in [-0.39, 0.29) is 17.5 Å². The standard InChI is InChI=1S/C21H21FN4OS/c22-17-10-4-5-11-18(17)23-20(27)16-9-6-12-26(14-16)21-24-19(25-28-21)13-15-7-2-1-3-8-15/h1-5,7-8,10-11,16H,6,9,12-14H2,(H,23,27)/t16-/m0/s1. The average Bonchev–Trinajstić information content (AvgIpc) is 3.19. The molecule has 1 aliphatic heterocycles. The van der Waals surface area contributed by atoms with Crippen LogP contribution in [-0.2, 0) is 11.2 Å². The zero-order valence-corrected chi connectivity index (χ0v) is 16.2. The quantitative estimate of drug-likeness (QED) is 0.705. The summed E-state index contributed by atoms with van der Waals surface area (Å²) >= 11 is 1.37. The third-order valence-corrected chi connectivity index (χ3v) is 5.67. The van der Waals surface area contributed by atoms with Crippen molar-refractivity contribution in [2.24, 2.45) is 5.92 Å². The number of para-hydroxylation sites is 1. The molecule has 2 heterocycles. The molecule has 0 radical (unpaired) electrons. The molecule has 0 bridgehead atoms. The van der Waals surface area contributed by atoms with E-state index in [0.29, 0.717) is 13.0 Å². The third kappa shape index (κ3) is 4.36. The molecule has 0 aliphatic carbocycles. The summed E-state index contributed by atoms with van der Waals surface area (Å²) in [7, 11) is 0. The van der Waals surface area contributed by atoms with Crippen molar-refractivity contribution in [2.75, 3.05) is 23.3 Å². The molecule has 0 spiro atoms. The second kappa shape index (κ2) is 8.48. The minimum atomic E-state index is -0.418. The lowest BCUT2D eigenvalue weighted by Gasteiger charge is -2.31. The molecule has 0 unspecified atom stereocenters. The lowest BCUT2D eigenvalue weighted by atomic mass is 9.97. The number of benzene rings is 2. The monoisotopic (exact) mass is 396 g/mol. The topological polar surface area (TPSA) is 58.1 Å². The van der Waals surface area contributed by atoms with Gasteiger partial charge in [0.2, 0.25) is 11.0 Å². The van der Waals surface area contributed by atoms with E-state index in [2.05, 4.69) is 31.7 Å². The molecular formula is C21H21FN4OS. The molecule has 1 fully saturated rings. The van der Waals surface area contributed by atoms with Crippen molar-refractivity contribution in [3.63, 3.8) is 0 Å². The lowest BCUT2D eigenvalue weighted by molar-refractivity contribution is -0.120. The van der Waals surface area contributed by atoms with Gasteiger partial charge in [0, 0.05) is 31.0 Å². The van der Waals surface area contributed by atoms with Gasteiger partial charge in [0.25, 0.3) is 0 Å². The molecule has 28 heavy (non-hydrogen) atoms. The van der Waals surface area contributed by atoms with Gasteiger partial charge in [0.1, 0.15) is 11.6 Å². The van der Waals surface area contributed by atoms with E-state index < -0.39 is 5.82 Å². The molecule has 4 rings (SSSR count). The predicted molar refractivity (Wildman–Crippen MR) is 109 cm³/mol. The lowest BCUT2D eigenvalue weighted by Crippen LogP contribution is -2.40. The van der Waals surface area contributed by atoms with Crippen LogP contribution in [-0.4, -0.2) is 28.4 Å². The Morgan fingerprint density at radius 2 is 1.96 bits per heavy atom. The smallest absolute Gasteiger partial charge is 0.229 e. The molecular weight excluding hydrogens is 375 g/mol. The van der Waals surface area contributed by atoms with Crippen molar-refractivity contribution >= 4 is 28.3 Å². The molecule has 5 nitrogen and oxygen atoms in total. The van der Waals surface area contributed by atoms with Crippen molar-refractivity contribution in [1.82, 2.24) is 9.36 Å². The molecule has 2 aromatic carbocycles. The minimum absolute atomic E-state index is 0.149. The Balaban J connectivity index is 1.40. The van der Waals surface area contributed by atoms with E-state index in [0.717, 1.165) is 30.3 Å². The van der Waals surface area contributed by atoms with Crippen molar-refractivity contribution in [3.8, 4) is 0 Å². The Bertz CT molecular complexity index is 946. The summed E-state index contributed by atoms with van der Waals surface area (Å²) in [6.45, 7) is 1.42. The summed E-state index contributed by atoms with van der Waals surface area (Å²) in [5.41, 5.74) is 1.40. The number of hydrogen-bond donors (Lipinski definition) is 1. The number of carbonyl (C=O) groups is 1. The van der Waals surface area contributed by atoms with Crippen molar-refractivity contribution in [1.29, 1.82) is 0 Å². The van der Waals surface area contributed by atoms with Crippen LogP contribution in [0.4, 0.5) is 15.2 Å². The molecule has 1 aliphatic rings. The van der Waals surface area contributed by atoms with Gasteiger partial charge < -0.3 is 10.2 Å². The number of aromatic nitrogens is 2. The molecule has 1 aromatic heterocycles. The van der Waals surface area contributed by atoms with Gasteiger partial charge in [-0.3, -0.25) is 4.79 Å². The van der Waals surface area contributed by atoms with Gasteiger partial charge in [0.15, 0.2) is 0 Å². The van der Waals surface area contributed by atoms with Gasteiger partial charge in [-0.2, -0.15) is 4.37 Å². The van der Waals surface area contributed by atoms with Crippen LogP contribution in [0.3, 0.4) is 0 Å². The highest BCUT2D eigenvalue weighted by molar-refractivity contribution is 7.09. The highest BCUT2D eigenvalue weighted by Crippen LogP contribution is 2.26. The Morgan fingerprint density at radius 1 is 1.18 bits per heavy atom. The maximum absolute atomic E-state index is 13.8. The van der Waals surface area contributed by atoms with Crippen molar-refractivity contribution in [2.45, 2.75) is 19.3 Å².